The van der Waals surface area contributed by atoms with Gasteiger partial charge in [0, 0.05) is 6.54 Å². The predicted molar refractivity (Wildman–Crippen MR) is 43.6 cm³/mol. The third kappa shape index (κ3) is 6.25. The highest BCUT2D eigenvalue weighted by atomic mass is 16.9. The fourth-order valence-corrected chi connectivity index (χ4v) is 0.609. The molecule has 0 bridgehead atoms. The van der Waals surface area contributed by atoms with E-state index in [1.807, 2.05) is 13.8 Å². The molecule has 4 nitrogen and oxygen atoms in total. The van der Waals surface area contributed by atoms with Crippen molar-refractivity contribution in [2.45, 2.75) is 20.3 Å². The van der Waals surface area contributed by atoms with Crippen molar-refractivity contribution in [1.82, 2.24) is 5.23 Å². The largest absolute Gasteiger partial charge is 0.329 e. The molecule has 0 aliphatic rings. The maximum atomic E-state index is 5.33. The number of rotatable bonds is 7. The van der Waals surface area contributed by atoms with E-state index in [9.17, 15) is 0 Å². The van der Waals surface area contributed by atoms with Crippen molar-refractivity contribution in [3.05, 3.63) is 0 Å². The Morgan fingerprint density at radius 1 is 1.27 bits per heavy atom. The molecule has 0 saturated heterocycles. The number of nitrogens with two attached hydrogens (primary N) is 1. The van der Waals surface area contributed by atoms with Gasteiger partial charge >= 0.3 is 0 Å². The maximum Gasteiger partial charge on any atom is 0.0709 e. The van der Waals surface area contributed by atoms with E-state index < -0.39 is 0 Å². The smallest absolute Gasteiger partial charge is 0.0709 e. The molecule has 0 atom stereocenters. The highest BCUT2D eigenvalue weighted by Gasteiger charge is 2.01. The van der Waals surface area contributed by atoms with Gasteiger partial charge in [-0.25, -0.2) is 0 Å². The summed E-state index contributed by atoms with van der Waals surface area (Å²) in [4.78, 5) is 10.3. The quantitative estimate of drug-likeness (QED) is 0.555. The molecule has 0 aromatic rings. The Labute approximate surface area is 68.2 Å². The minimum absolute atomic E-state index is 0.545. The van der Waals surface area contributed by atoms with Gasteiger partial charge in [-0.2, -0.15) is 0 Å². The lowest BCUT2D eigenvalue weighted by Crippen LogP contribution is -2.30. The Morgan fingerprint density at radius 2 is 2.00 bits per heavy atom. The predicted octanol–water partition coefficient (Wildman–Crippen LogP) is 0.540. The summed E-state index contributed by atoms with van der Waals surface area (Å²) in [6.07, 6.45) is 0.980. The van der Waals surface area contributed by atoms with Crippen LogP contribution in [0.1, 0.15) is 20.3 Å². The van der Waals surface area contributed by atoms with E-state index in [1.165, 1.54) is 5.23 Å². The molecule has 0 heterocycles. The number of hydrogen-bond acceptors (Lipinski definition) is 4. The molecular weight excluding hydrogens is 144 g/mol. The normalized spacial score (nSPS) is 10.9. The molecule has 2 N–H and O–H groups in total. The third-order valence-corrected chi connectivity index (χ3v) is 1.02. The van der Waals surface area contributed by atoms with E-state index in [0.29, 0.717) is 26.3 Å². The van der Waals surface area contributed by atoms with Gasteiger partial charge in [0.05, 0.1) is 19.8 Å². The van der Waals surface area contributed by atoms with Gasteiger partial charge in [0.2, 0.25) is 0 Å². The van der Waals surface area contributed by atoms with Crippen LogP contribution in [-0.2, 0) is 9.68 Å². The Balaban J connectivity index is 3.34. The van der Waals surface area contributed by atoms with Crippen molar-refractivity contribution >= 4 is 0 Å². The number of hydroxylamine groups is 2. The van der Waals surface area contributed by atoms with E-state index in [2.05, 4.69) is 0 Å². The van der Waals surface area contributed by atoms with Crippen molar-refractivity contribution in [1.29, 1.82) is 0 Å². The molecule has 4 heteroatoms. The molecule has 0 saturated carbocycles. The fraction of sp³-hybridized carbons (Fsp3) is 1.00. The molecule has 0 aliphatic carbocycles. The maximum absolute atomic E-state index is 5.33. The monoisotopic (exact) mass is 162 g/mol. The van der Waals surface area contributed by atoms with Crippen LogP contribution in [0, 0.1) is 0 Å². The van der Waals surface area contributed by atoms with Gasteiger partial charge in [-0.1, -0.05) is 12.2 Å². The molecular formula is C7H18N2O2. The molecule has 11 heavy (non-hydrogen) atoms. The lowest BCUT2D eigenvalue weighted by molar-refractivity contribution is -0.364. The fourth-order valence-electron chi connectivity index (χ4n) is 0.609. The standard InChI is InChI=1S/C7H18N2O2/c1-3-7-11-9(6-5-8)10-4-2/h3-8H2,1-2H3. The molecule has 0 radical (unpaired) electrons. The molecule has 0 aromatic carbocycles. The van der Waals surface area contributed by atoms with E-state index in [1.54, 1.807) is 0 Å². The van der Waals surface area contributed by atoms with Crippen LogP contribution in [0.3, 0.4) is 0 Å². The van der Waals surface area contributed by atoms with Crippen molar-refractivity contribution in [2.75, 3.05) is 26.3 Å². The van der Waals surface area contributed by atoms with Crippen molar-refractivity contribution in [2.24, 2.45) is 5.73 Å². The zero-order chi connectivity index (χ0) is 8.53. The summed E-state index contributed by atoms with van der Waals surface area (Å²) in [6.45, 7) is 6.42. The van der Waals surface area contributed by atoms with Crippen LogP contribution in [0.4, 0.5) is 0 Å². The van der Waals surface area contributed by atoms with Crippen molar-refractivity contribution in [3.63, 3.8) is 0 Å². The van der Waals surface area contributed by atoms with Crippen LogP contribution in [0.25, 0.3) is 0 Å². The zero-order valence-electron chi connectivity index (χ0n) is 7.38. The topological polar surface area (TPSA) is 47.7 Å². The summed E-state index contributed by atoms with van der Waals surface area (Å²) in [7, 11) is 0. The van der Waals surface area contributed by atoms with Gasteiger partial charge in [0.15, 0.2) is 0 Å². The Hall–Kier alpha value is -0.160. The summed E-state index contributed by atoms with van der Waals surface area (Å²) in [6, 6.07) is 0. The van der Waals surface area contributed by atoms with Crippen LogP contribution in [0.5, 0.6) is 0 Å². The summed E-state index contributed by atoms with van der Waals surface area (Å²) in [5.74, 6) is 0. The summed E-state index contributed by atoms with van der Waals surface area (Å²) >= 11 is 0. The number of nitrogens with zero attached hydrogens (tertiary/aromatic N) is 1. The minimum Gasteiger partial charge on any atom is -0.329 e. The lowest BCUT2D eigenvalue weighted by Gasteiger charge is -2.18. The first-order chi connectivity index (χ1) is 5.35. The highest BCUT2D eigenvalue weighted by Crippen LogP contribution is 1.92. The first-order valence-electron chi connectivity index (χ1n) is 4.08. The molecule has 68 valence electrons. The zero-order valence-corrected chi connectivity index (χ0v) is 7.38. The third-order valence-electron chi connectivity index (χ3n) is 1.02. The molecule has 0 unspecified atom stereocenters. The molecule has 0 aliphatic heterocycles. The van der Waals surface area contributed by atoms with Crippen LogP contribution < -0.4 is 5.73 Å². The first-order valence-corrected chi connectivity index (χ1v) is 4.08. The molecule has 0 rings (SSSR count). The van der Waals surface area contributed by atoms with Gasteiger partial charge in [-0.3, -0.25) is 9.68 Å². The average molecular weight is 162 g/mol. The van der Waals surface area contributed by atoms with Gasteiger partial charge in [-0.15, -0.1) is 0 Å². The molecule has 0 spiro atoms. The molecule has 0 fully saturated rings. The second-order valence-corrected chi connectivity index (χ2v) is 2.10. The van der Waals surface area contributed by atoms with Gasteiger partial charge in [0.25, 0.3) is 0 Å². The van der Waals surface area contributed by atoms with Gasteiger partial charge in [0.1, 0.15) is 0 Å². The van der Waals surface area contributed by atoms with Crippen LogP contribution in [0.2, 0.25) is 0 Å². The summed E-state index contributed by atoms with van der Waals surface area (Å²) in [5, 5.41) is 1.45. The van der Waals surface area contributed by atoms with Gasteiger partial charge in [-0.05, 0) is 13.3 Å². The van der Waals surface area contributed by atoms with E-state index >= 15 is 0 Å². The Bertz CT molecular complexity index is 74.8. The lowest BCUT2D eigenvalue weighted by atomic mass is 10.5. The SMILES string of the molecule is CCCON(CCN)OCC. The van der Waals surface area contributed by atoms with Crippen LogP contribution >= 0.6 is 0 Å². The number of hydrogen-bond donors (Lipinski definition) is 1. The van der Waals surface area contributed by atoms with Crippen LogP contribution in [0.15, 0.2) is 0 Å². The Kier molecular flexibility index (Phi) is 7.83. The van der Waals surface area contributed by atoms with E-state index in [4.69, 9.17) is 15.4 Å². The first kappa shape index (κ1) is 10.8. The van der Waals surface area contributed by atoms with Crippen molar-refractivity contribution < 1.29 is 9.68 Å². The second-order valence-electron chi connectivity index (χ2n) is 2.10. The Morgan fingerprint density at radius 3 is 2.45 bits per heavy atom. The van der Waals surface area contributed by atoms with E-state index in [0.717, 1.165) is 6.42 Å². The summed E-state index contributed by atoms with van der Waals surface area (Å²) in [5.41, 5.74) is 5.33. The molecule has 0 aromatic heterocycles. The van der Waals surface area contributed by atoms with Crippen molar-refractivity contribution in [3.8, 4) is 0 Å². The highest BCUT2D eigenvalue weighted by molar-refractivity contribution is 4.33. The summed E-state index contributed by atoms with van der Waals surface area (Å²) < 4.78 is 0. The van der Waals surface area contributed by atoms with E-state index in [-0.39, 0.29) is 0 Å². The average Bonchev–Trinajstić information content (AvgIpc) is 2.01. The minimum atomic E-state index is 0.545. The van der Waals surface area contributed by atoms with Crippen LogP contribution in [-0.4, -0.2) is 31.5 Å². The second kappa shape index (κ2) is 7.94. The molecule has 0 amide bonds. The van der Waals surface area contributed by atoms with Gasteiger partial charge < -0.3 is 5.73 Å².